The molecule has 27 heavy (non-hydrogen) atoms. The fourth-order valence-electron chi connectivity index (χ4n) is 2.43. The second-order valence-electron chi connectivity index (χ2n) is 5.91. The van der Waals surface area contributed by atoms with Gasteiger partial charge in [-0.1, -0.05) is 23.8 Å². The Morgan fingerprint density at radius 1 is 1.15 bits per heavy atom. The minimum absolute atomic E-state index is 0.00560. The highest BCUT2D eigenvalue weighted by Crippen LogP contribution is 2.19. The number of rotatable bonds is 7. The third-order valence-electron chi connectivity index (χ3n) is 3.81. The highest BCUT2D eigenvalue weighted by atomic mass is 16.6. The molecule has 0 atom stereocenters. The molecule has 0 bridgehead atoms. The molecule has 6 nitrogen and oxygen atoms in total. The van der Waals surface area contributed by atoms with E-state index in [1.165, 1.54) is 30.3 Å². The van der Waals surface area contributed by atoms with E-state index in [0.29, 0.717) is 22.8 Å². The molecule has 1 aromatic heterocycles. The standard InChI is InChI=1S/C21H17NO5/c1-15-3-2-4-16(13-15)21(23)12-11-19-9-10-20(27-19)14-26-18-7-5-17(6-8-18)22(24)25/h2-13H,14H2,1H3/b12-11+. The normalized spacial score (nSPS) is 10.9. The lowest BCUT2D eigenvalue weighted by Crippen LogP contribution is -1.94. The molecule has 6 heteroatoms. The summed E-state index contributed by atoms with van der Waals surface area (Å²) in [5.74, 6) is 1.52. The second kappa shape index (κ2) is 8.14. The van der Waals surface area contributed by atoms with Crippen molar-refractivity contribution in [2.24, 2.45) is 0 Å². The van der Waals surface area contributed by atoms with Crippen LogP contribution < -0.4 is 4.74 Å². The number of ketones is 1. The van der Waals surface area contributed by atoms with Crippen molar-refractivity contribution >= 4 is 17.5 Å². The molecule has 1 heterocycles. The van der Waals surface area contributed by atoms with E-state index in [-0.39, 0.29) is 18.1 Å². The fourth-order valence-corrected chi connectivity index (χ4v) is 2.43. The van der Waals surface area contributed by atoms with E-state index in [1.54, 1.807) is 24.3 Å². The van der Waals surface area contributed by atoms with Gasteiger partial charge in [-0.2, -0.15) is 0 Å². The van der Waals surface area contributed by atoms with Gasteiger partial charge < -0.3 is 9.15 Å². The summed E-state index contributed by atoms with van der Waals surface area (Å²) in [5.41, 5.74) is 1.66. The van der Waals surface area contributed by atoms with Gasteiger partial charge in [0.25, 0.3) is 5.69 Å². The first kappa shape index (κ1) is 18.1. The summed E-state index contributed by atoms with van der Waals surface area (Å²) >= 11 is 0. The Labute approximate surface area is 155 Å². The van der Waals surface area contributed by atoms with Crippen LogP contribution in [0.2, 0.25) is 0 Å². The smallest absolute Gasteiger partial charge is 0.269 e. The van der Waals surface area contributed by atoms with E-state index in [0.717, 1.165) is 5.56 Å². The van der Waals surface area contributed by atoms with Crippen LogP contribution in [0.1, 0.15) is 27.4 Å². The minimum Gasteiger partial charge on any atom is -0.486 e. The van der Waals surface area contributed by atoms with E-state index < -0.39 is 4.92 Å². The maximum Gasteiger partial charge on any atom is 0.269 e. The van der Waals surface area contributed by atoms with Gasteiger partial charge in [0.1, 0.15) is 23.9 Å². The number of benzene rings is 2. The predicted octanol–water partition coefficient (Wildman–Crippen LogP) is 4.97. The van der Waals surface area contributed by atoms with Crippen LogP contribution in [-0.2, 0) is 6.61 Å². The zero-order valence-corrected chi connectivity index (χ0v) is 14.6. The molecule has 3 rings (SSSR count). The first-order valence-corrected chi connectivity index (χ1v) is 8.26. The lowest BCUT2D eigenvalue weighted by molar-refractivity contribution is -0.384. The summed E-state index contributed by atoms with van der Waals surface area (Å²) in [7, 11) is 0. The predicted molar refractivity (Wildman–Crippen MR) is 101 cm³/mol. The highest BCUT2D eigenvalue weighted by molar-refractivity contribution is 6.06. The minimum atomic E-state index is -0.465. The van der Waals surface area contributed by atoms with Crippen LogP contribution in [0.5, 0.6) is 5.75 Å². The summed E-state index contributed by atoms with van der Waals surface area (Å²) in [6.07, 6.45) is 3.08. The van der Waals surface area contributed by atoms with Crippen LogP contribution in [0.25, 0.3) is 6.08 Å². The Bertz CT molecular complexity index is 986. The van der Waals surface area contributed by atoms with E-state index in [4.69, 9.17) is 9.15 Å². The molecule has 136 valence electrons. The molecule has 0 aliphatic heterocycles. The fraction of sp³-hybridized carbons (Fsp3) is 0.0952. The van der Waals surface area contributed by atoms with Gasteiger partial charge in [0.15, 0.2) is 5.78 Å². The molecule has 0 saturated heterocycles. The molecule has 0 N–H and O–H groups in total. The van der Waals surface area contributed by atoms with Crippen LogP contribution in [0, 0.1) is 17.0 Å². The van der Waals surface area contributed by atoms with Crippen molar-refractivity contribution in [1.29, 1.82) is 0 Å². The number of aryl methyl sites for hydroxylation is 1. The summed E-state index contributed by atoms with van der Waals surface area (Å²) in [5, 5.41) is 10.6. The molecule has 0 aliphatic carbocycles. The molecule has 0 unspecified atom stereocenters. The van der Waals surface area contributed by atoms with Gasteiger partial charge >= 0.3 is 0 Å². The molecule has 0 saturated carbocycles. The third-order valence-corrected chi connectivity index (χ3v) is 3.81. The van der Waals surface area contributed by atoms with E-state index in [1.807, 2.05) is 25.1 Å². The third kappa shape index (κ3) is 4.92. The Kier molecular flexibility index (Phi) is 5.47. The van der Waals surface area contributed by atoms with Crippen molar-refractivity contribution in [3.8, 4) is 5.75 Å². The van der Waals surface area contributed by atoms with Crippen LogP contribution in [0.15, 0.2) is 71.2 Å². The molecule has 0 aliphatic rings. The number of hydrogen-bond acceptors (Lipinski definition) is 5. The largest absolute Gasteiger partial charge is 0.486 e. The Morgan fingerprint density at radius 3 is 2.63 bits per heavy atom. The Hall–Kier alpha value is -3.67. The maximum absolute atomic E-state index is 12.2. The number of allylic oxidation sites excluding steroid dienone is 1. The molecule has 0 radical (unpaired) electrons. The number of carbonyl (C=O) groups is 1. The van der Waals surface area contributed by atoms with Gasteiger partial charge in [0.2, 0.25) is 0 Å². The van der Waals surface area contributed by atoms with Crippen LogP contribution in [0.4, 0.5) is 5.69 Å². The highest BCUT2D eigenvalue weighted by Gasteiger charge is 2.06. The average Bonchev–Trinajstić information content (AvgIpc) is 3.12. The first-order valence-electron chi connectivity index (χ1n) is 8.26. The molecule has 0 spiro atoms. The number of carbonyl (C=O) groups excluding carboxylic acids is 1. The maximum atomic E-state index is 12.2. The summed E-state index contributed by atoms with van der Waals surface area (Å²) in [6.45, 7) is 2.11. The van der Waals surface area contributed by atoms with E-state index in [2.05, 4.69) is 0 Å². The number of ether oxygens (including phenoxy) is 1. The quantitative estimate of drug-likeness (QED) is 0.256. The monoisotopic (exact) mass is 363 g/mol. The van der Waals surface area contributed by atoms with Gasteiger partial charge in [-0.15, -0.1) is 0 Å². The zero-order chi connectivity index (χ0) is 19.2. The van der Waals surface area contributed by atoms with E-state index in [9.17, 15) is 14.9 Å². The molecule has 3 aromatic rings. The summed E-state index contributed by atoms with van der Waals surface area (Å²) in [4.78, 5) is 22.3. The summed E-state index contributed by atoms with van der Waals surface area (Å²) in [6, 6.07) is 16.7. The van der Waals surface area contributed by atoms with Gasteiger partial charge in [-0.05, 0) is 49.4 Å². The van der Waals surface area contributed by atoms with Gasteiger partial charge in [-0.3, -0.25) is 14.9 Å². The van der Waals surface area contributed by atoms with Gasteiger partial charge in [0.05, 0.1) is 4.92 Å². The van der Waals surface area contributed by atoms with Crippen molar-refractivity contribution in [3.05, 3.63) is 99.5 Å². The number of nitrogens with zero attached hydrogens (tertiary/aromatic N) is 1. The summed E-state index contributed by atoms with van der Waals surface area (Å²) < 4.78 is 11.1. The van der Waals surface area contributed by atoms with Crippen molar-refractivity contribution in [1.82, 2.24) is 0 Å². The number of hydrogen-bond donors (Lipinski definition) is 0. The van der Waals surface area contributed by atoms with Crippen LogP contribution in [-0.4, -0.2) is 10.7 Å². The van der Waals surface area contributed by atoms with Crippen LogP contribution >= 0.6 is 0 Å². The molecule has 0 fully saturated rings. The Balaban J connectivity index is 1.58. The van der Waals surface area contributed by atoms with Gasteiger partial charge in [0, 0.05) is 17.7 Å². The van der Waals surface area contributed by atoms with E-state index >= 15 is 0 Å². The van der Waals surface area contributed by atoms with Crippen LogP contribution in [0.3, 0.4) is 0 Å². The van der Waals surface area contributed by atoms with Crippen molar-refractivity contribution in [3.63, 3.8) is 0 Å². The van der Waals surface area contributed by atoms with Crippen molar-refractivity contribution in [2.75, 3.05) is 0 Å². The number of nitro benzene ring substituents is 1. The second-order valence-corrected chi connectivity index (χ2v) is 5.91. The average molecular weight is 363 g/mol. The Morgan fingerprint density at radius 2 is 1.93 bits per heavy atom. The molecule has 0 amide bonds. The first-order chi connectivity index (χ1) is 13.0. The van der Waals surface area contributed by atoms with Crippen molar-refractivity contribution in [2.45, 2.75) is 13.5 Å². The number of nitro groups is 1. The van der Waals surface area contributed by atoms with Gasteiger partial charge in [-0.25, -0.2) is 0 Å². The molecular weight excluding hydrogens is 346 g/mol. The van der Waals surface area contributed by atoms with Crippen molar-refractivity contribution < 1.29 is 18.9 Å². The lowest BCUT2D eigenvalue weighted by Gasteiger charge is -2.03. The lowest BCUT2D eigenvalue weighted by atomic mass is 10.1. The number of non-ortho nitro benzene ring substituents is 1. The zero-order valence-electron chi connectivity index (χ0n) is 14.6. The molecular formula is C21H17NO5. The number of furan rings is 1. The molecule has 2 aromatic carbocycles. The topological polar surface area (TPSA) is 82.6 Å². The SMILES string of the molecule is Cc1cccc(C(=O)/C=C/c2ccc(COc3ccc([N+](=O)[O-])cc3)o2)c1.